The van der Waals surface area contributed by atoms with Crippen LogP contribution in [0, 0.1) is 5.92 Å². The van der Waals surface area contributed by atoms with Crippen molar-refractivity contribution in [1.29, 1.82) is 0 Å². The molecule has 1 atom stereocenters. The van der Waals surface area contributed by atoms with Crippen molar-refractivity contribution in [3.05, 3.63) is 0 Å². The van der Waals surface area contributed by atoms with Crippen LogP contribution in [0.15, 0.2) is 4.99 Å². The summed E-state index contributed by atoms with van der Waals surface area (Å²) in [5.74, 6) is 0.243. The fourth-order valence-corrected chi connectivity index (χ4v) is 3.42. The first-order chi connectivity index (χ1) is 8.41. The zero-order valence-electron chi connectivity index (χ0n) is 11.3. The number of aliphatic hydroxyl groups excluding tert-OH is 1. The van der Waals surface area contributed by atoms with Crippen molar-refractivity contribution >= 4 is 22.8 Å². The van der Waals surface area contributed by atoms with Crippen LogP contribution in [0.5, 0.6) is 0 Å². The summed E-state index contributed by atoms with van der Waals surface area (Å²) in [7, 11) is 0. The molecule has 0 aromatic rings. The van der Waals surface area contributed by atoms with Crippen LogP contribution in [0.2, 0.25) is 0 Å². The topological polar surface area (TPSA) is 61.7 Å². The highest BCUT2D eigenvalue weighted by Gasteiger charge is 2.44. The van der Waals surface area contributed by atoms with Gasteiger partial charge in [0.15, 0.2) is 5.17 Å². The van der Waals surface area contributed by atoms with E-state index in [0.717, 1.165) is 30.9 Å². The molecule has 1 unspecified atom stereocenters. The van der Waals surface area contributed by atoms with E-state index < -0.39 is 4.75 Å². The molecular formula is C13H22N2O2S. The minimum Gasteiger partial charge on any atom is -0.393 e. The summed E-state index contributed by atoms with van der Waals surface area (Å²) in [5, 5.41) is 13.6. The summed E-state index contributed by atoms with van der Waals surface area (Å²) in [6.45, 7) is 6.08. The number of nitrogens with one attached hydrogen (secondary N) is 1. The number of hydrogen-bond acceptors (Lipinski definition) is 4. The Hall–Kier alpha value is -0.550. The van der Waals surface area contributed by atoms with E-state index in [2.05, 4.69) is 24.2 Å². The normalized spacial score (nSPS) is 36.9. The Bertz CT molecular complexity index is 362. The first-order valence-electron chi connectivity index (χ1n) is 6.68. The van der Waals surface area contributed by atoms with E-state index in [1.807, 2.05) is 6.92 Å². The summed E-state index contributed by atoms with van der Waals surface area (Å²) in [6, 6.07) is 0.349. The number of aliphatic imine (C=N–C) groups is 1. The second-order valence-electron chi connectivity index (χ2n) is 5.74. The molecule has 1 saturated carbocycles. The highest BCUT2D eigenvalue weighted by atomic mass is 32.2. The Morgan fingerprint density at radius 2 is 2.00 bits per heavy atom. The van der Waals surface area contributed by atoms with Crippen LogP contribution < -0.4 is 5.32 Å². The predicted octanol–water partition coefficient (Wildman–Crippen LogP) is 1.92. The van der Waals surface area contributed by atoms with Crippen LogP contribution in [0.1, 0.15) is 46.5 Å². The van der Waals surface area contributed by atoms with E-state index in [0.29, 0.717) is 6.04 Å². The molecule has 0 aromatic carbocycles. The van der Waals surface area contributed by atoms with Crippen LogP contribution in [-0.2, 0) is 4.79 Å². The molecule has 1 amide bonds. The Kier molecular flexibility index (Phi) is 4.02. The van der Waals surface area contributed by atoms with Gasteiger partial charge in [-0.25, -0.2) is 0 Å². The first-order valence-corrected chi connectivity index (χ1v) is 7.50. The first kappa shape index (κ1) is 13.9. The molecule has 1 aliphatic heterocycles. The van der Waals surface area contributed by atoms with E-state index >= 15 is 0 Å². The minimum absolute atomic E-state index is 0.0270. The Balaban J connectivity index is 1.92. The molecule has 1 fully saturated rings. The Labute approximate surface area is 113 Å². The quantitative estimate of drug-likeness (QED) is 0.805. The molecule has 4 nitrogen and oxygen atoms in total. The van der Waals surface area contributed by atoms with E-state index in [4.69, 9.17) is 0 Å². The van der Waals surface area contributed by atoms with Crippen molar-refractivity contribution < 1.29 is 9.90 Å². The number of amides is 1. The molecular weight excluding hydrogens is 248 g/mol. The maximum Gasteiger partial charge on any atom is 0.264 e. The van der Waals surface area contributed by atoms with Crippen molar-refractivity contribution in [2.75, 3.05) is 0 Å². The van der Waals surface area contributed by atoms with Crippen LogP contribution in [0.3, 0.4) is 0 Å². The third kappa shape index (κ3) is 2.72. The summed E-state index contributed by atoms with van der Waals surface area (Å²) < 4.78 is -0.420. The number of rotatable bonds is 2. The van der Waals surface area contributed by atoms with Gasteiger partial charge in [0.25, 0.3) is 5.91 Å². The largest absolute Gasteiger partial charge is 0.393 e. The molecule has 2 rings (SSSR count). The molecule has 0 aromatic heterocycles. The molecule has 2 aliphatic rings. The number of aliphatic hydroxyl groups is 1. The molecule has 0 spiro atoms. The summed E-state index contributed by atoms with van der Waals surface area (Å²) >= 11 is 1.55. The molecule has 0 bridgehead atoms. The summed E-state index contributed by atoms with van der Waals surface area (Å²) in [6.07, 6.45) is 3.43. The molecule has 1 aliphatic carbocycles. The van der Waals surface area contributed by atoms with Gasteiger partial charge in [-0.15, -0.1) is 0 Å². The van der Waals surface area contributed by atoms with Crippen molar-refractivity contribution in [2.45, 2.75) is 63.3 Å². The zero-order valence-corrected chi connectivity index (χ0v) is 12.1. The highest BCUT2D eigenvalue weighted by molar-refractivity contribution is 8.16. The molecule has 5 heteroatoms. The smallest absolute Gasteiger partial charge is 0.264 e. The van der Waals surface area contributed by atoms with E-state index in [1.54, 1.807) is 11.8 Å². The van der Waals surface area contributed by atoms with Gasteiger partial charge in [0, 0.05) is 6.04 Å². The Morgan fingerprint density at radius 3 is 2.50 bits per heavy atom. The van der Waals surface area contributed by atoms with Crippen LogP contribution in [0.4, 0.5) is 0 Å². The molecule has 0 radical (unpaired) electrons. The van der Waals surface area contributed by atoms with Crippen LogP contribution in [-0.4, -0.2) is 33.1 Å². The summed E-state index contributed by atoms with van der Waals surface area (Å²) in [4.78, 5) is 16.1. The van der Waals surface area contributed by atoms with E-state index in [1.165, 1.54) is 0 Å². The molecule has 102 valence electrons. The molecule has 18 heavy (non-hydrogen) atoms. The molecule has 2 N–H and O–H groups in total. The number of amidine groups is 1. The maximum atomic E-state index is 12.0. The zero-order chi connectivity index (χ0) is 13.3. The van der Waals surface area contributed by atoms with E-state index in [9.17, 15) is 9.90 Å². The van der Waals surface area contributed by atoms with Crippen LogP contribution >= 0.6 is 11.8 Å². The lowest BCUT2D eigenvalue weighted by molar-refractivity contribution is -0.120. The average Bonchev–Trinajstić information content (AvgIpc) is 2.59. The van der Waals surface area contributed by atoms with Crippen molar-refractivity contribution in [3.63, 3.8) is 0 Å². The van der Waals surface area contributed by atoms with Gasteiger partial charge in [-0.05, 0) is 38.5 Å². The van der Waals surface area contributed by atoms with Gasteiger partial charge in [-0.3, -0.25) is 4.79 Å². The second kappa shape index (κ2) is 5.21. The van der Waals surface area contributed by atoms with Gasteiger partial charge in [0.2, 0.25) is 0 Å². The van der Waals surface area contributed by atoms with Gasteiger partial charge < -0.3 is 10.4 Å². The lowest BCUT2D eigenvalue weighted by Crippen LogP contribution is -2.38. The number of hydrogen-bond donors (Lipinski definition) is 2. The van der Waals surface area contributed by atoms with Gasteiger partial charge >= 0.3 is 0 Å². The fourth-order valence-electron chi connectivity index (χ4n) is 2.29. The third-order valence-corrected chi connectivity index (χ3v) is 5.54. The standard InChI is InChI=1S/C13H22N2O2S/c1-8(2)13(3)11(17)15-12(18-13)14-9-4-6-10(16)7-5-9/h8-10,16H,4-7H2,1-3H3,(H,14,15,17)/t9-,10-,13?. The molecule has 1 heterocycles. The average molecular weight is 270 g/mol. The lowest BCUT2D eigenvalue weighted by Gasteiger charge is -2.28. The number of thioether (sulfide) groups is 1. The van der Waals surface area contributed by atoms with Crippen molar-refractivity contribution in [3.8, 4) is 0 Å². The van der Waals surface area contributed by atoms with Crippen molar-refractivity contribution in [2.24, 2.45) is 10.9 Å². The minimum atomic E-state index is -0.420. The number of nitrogens with zero attached hydrogens (tertiary/aromatic N) is 1. The lowest BCUT2D eigenvalue weighted by atomic mass is 9.93. The monoisotopic (exact) mass is 270 g/mol. The molecule has 0 saturated heterocycles. The van der Waals surface area contributed by atoms with Crippen LogP contribution in [0.25, 0.3) is 0 Å². The fraction of sp³-hybridized carbons (Fsp3) is 0.846. The van der Waals surface area contributed by atoms with Gasteiger partial charge in [0.05, 0.1) is 6.10 Å². The van der Waals surface area contributed by atoms with Crippen molar-refractivity contribution in [1.82, 2.24) is 5.32 Å². The third-order valence-electron chi connectivity index (χ3n) is 4.06. The van der Waals surface area contributed by atoms with E-state index in [-0.39, 0.29) is 17.9 Å². The highest BCUT2D eigenvalue weighted by Crippen LogP contribution is 2.39. The maximum absolute atomic E-state index is 12.0. The van der Waals surface area contributed by atoms with Gasteiger partial charge in [-0.1, -0.05) is 25.6 Å². The summed E-state index contributed by atoms with van der Waals surface area (Å²) in [5.41, 5.74) is 0. The van der Waals surface area contributed by atoms with Gasteiger partial charge in [-0.2, -0.15) is 4.99 Å². The Morgan fingerprint density at radius 1 is 1.39 bits per heavy atom. The van der Waals surface area contributed by atoms with Gasteiger partial charge in [0.1, 0.15) is 4.75 Å². The number of carbonyl (C=O) groups is 1. The second-order valence-corrected chi connectivity index (χ2v) is 7.17. The number of carbonyl (C=O) groups excluding carboxylic acids is 1. The predicted molar refractivity (Wildman–Crippen MR) is 74.7 cm³/mol. The SMILES string of the molecule is CC(C)C1(C)SC(N[C@H]2CC[C@H](O)CC2)=NC1=O.